The van der Waals surface area contributed by atoms with Crippen molar-refractivity contribution in [2.75, 3.05) is 13.1 Å². The van der Waals surface area contributed by atoms with E-state index >= 15 is 0 Å². The highest BCUT2D eigenvalue weighted by Gasteiger charge is 2.14. The van der Waals surface area contributed by atoms with Gasteiger partial charge in [-0.2, -0.15) is 0 Å². The lowest BCUT2D eigenvalue weighted by Crippen LogP contribution is -2.38. The van der Waals surface area contributed by atoms with Crippen LogP contribution in [-0.2, 0) is 4.79 Å². The highest BCUT2D eigenvalue weighted by Crippen LogP contribution is 2.26. The third-order valence-corrected chi connectivity index (χ3v) is 3.57. The van der Waals surface area contributed by atoms with Crippen molar-refractivity contribution in [3.05, 3.63) is 0 Å². The van der Waals surface area contributed by atoms with Crippen molar-refractivity contribution in [2.45, 2.75) is 58.4 Å². The van der Waals surface area contributed by atoms with Crippen LogP contribution in [0.3, 0.4) is 0 Å². The van der Waals surface area contributed by atoms with Gasteiger partial charge >= 0.3 is 0 Å². The lowest BCUT2D eigenvalue weighted by molar-refractivity contribution is -0.120. The van der Waals surface area contributed by atoms with Gasteiger partial charge in [0.1, 0.15) is 0 Å². The Kier molecular flexibility index (Phi) is 6.46. The summed E-state index contributed by atoms with van der Waals surface area (Å²) in [7, 11) is 0. The van der Waals surface area contributed by atoms with Crippen LogP contribution in [-0.4, -0.2) is 25.0 Å². The molecule has 0 aliphatic heterocycles. The van der Waals surface area contributed by atoms with Gasteiger partial charge < -0.3 is 10.6 Å². The first-order chi connectivity index (χ1) is 7.72. The summed E-state index contributed by atoms with van der Waals surface area (Å²) >= 11 is 0. The van der Waals surface area contributed by atoms with E-state index in [1.54, 1.807) is 0 Å². The van der Waals surface area contributed by atoms with Gasteiger partial charge in [0.15, 0.2) is 0 Å². The van der Waals surface area contributed by atoms with Crippen LogP contribution in [0.4, 0.5) is 0 Å². The smallest absolute Gasteiger partial charge is 0.233 e. The molecule has 2 N–H and O–H groups in total. The van der Waals surface area contributed by atoms with Gasteiger partial charge in [-0.1, -0.05) is 32.6 Å². The second-order valence-corrected chi connectivity index (χ2v) is 4.98. The summed E-state index contributed by atoms with van der Waals surface area (Å²) in [5.74, 6) is 1.00. The number of rotatable bonds is 7. The zero-order valence-electron chi connectivity index (χ0n) is 10.7. The van der Waals surface area contributed by atoms with Gasteiger partial charge in [-0.15, -0.1) is 0 Å². The third kappa shape index (κ3) is 5.50. The Labute approximate surface area is 99.4 Å². The van der Waals surface area contributed by atoms with E-state index in [1.165, 1.54) is 25.7 Å². The van der Waals surface area contributed by atoms with Gasteiger partial charge in [0.25, 0.3) is 0 Å². The molecule has 3 heteroatoms. The standard InChI is InChI=1S/C13H26N2O/c1-3-11(2)15-10-13(16)14-9-8-12-6-4-5-7-12/h11-12,15H,3-10H2,1-2H3,(H,14,16). The van der Waals surface area contributed by atoms with E-state index in [0.717, 1.165) is 25.3 Å². The van der Waals surface area contributed by atoms with Crippen LogP contribution in [0.2, 0.25) is 0 Å². The molecular weight excluding hydrogens is 200 g/mol. The van der Waals surface area contributed by atoms with E-state index < -0.39 is 0 Å². The lowest BCUT2D eigenvalue weighted by Gasteiger charge is -2.12. The Bertz CT molecular complexity index is 200. The number of amides is 1. The Morgan fingerprint density at radius 1 is 1.38 bits per heavy atom. The molecule has 3 nitrogen and oxygen atoms in total. The molecule has 1 rings (SSSR count). The minimum Gasteiger partial charge on any atom is -0.355 e. The number of carbonyl (C=O) groups excluding carboxylic acids is 1. The molecule has 0 aromatic rings. The maximum atomic E-state index is 11.5. The van der Waals surface area contributed by atoms with Gasteiger partial charge in [0.05, 0.1) is 6.54 Å². The van der Waals surface area contributed by atoms with Crippen LogP contribution < -0.4 is 10.6 Å². The Hall–Kier alpha value is -0.570. The fraction of sp³-hybridized carbons (Fsp3) is 0.923. The molecule has 0 aromatic heterocycles. The molecule has 1 saturated carbocycles. The molecule has 1 atom stereocenters. The summed E-state index contributed by atoms with van der Waals surface area (Å²) in [4.78, 5) is 11.5. The van der Waals surface area contributed by atoms with Crippen molar-refractivity contribution in [1.82, 2.24) is 10.6 Å². The average molecular weight is 226 g/mol. The molecule has 0 saturated heterocycles. The van der Waals surface area contributed by atoms with Gasteiger partial charge in [0.2, 0.25) is 5.91 Å². The predicted octanol–water partition coefficient (Wildman–Crippen LogP) is 2.07. The molecule has 1 amide bonds. The zero-order chi connectivity index (χ0) is 11.8. The first kappa shape index (κ1) is 13.5. The molecule has 94 valence electrons. The van der Waals surface area contributed by atoms with Crippen LogP contribution in [0.25, 0.3) is 0 Å². The SMILES string of the molecule is CCC(C)NCC(=O)NCCC1CCCC1. The molecule has 1 aliphatic rings. The lowest BCUT2D eigenvalue weighted by atomic mass is 10.0. The van der Waals surface area contributed by atoms with Crippen molar-refractivity contribution in [3.63, 3.8) is 0 Å². The van der Waals surface area contributed by atoms with Crippen LogP contribution in [0.15, 0.2) is 0 Å². The number of hydrogen-bond acceptors (Lipinski definition) is 2. The van der Waals surface area contributed by atoms with E-state index in [-0.39, 0.29) is 5.91 Å². The second kappa shape index (κ2) is 7.66. The van der Waals surface area contributed by atoms with Crippen molar-refractivity contribution in [3.8, 4) is 0 Å². The van der Waals surface area contributed by atoms with Gasteiger partial charge in [-0.3, -0.25) is 4.79 Å². The largest absolute Gasteiger partial charge is 0.355 e. The number of carbonyl (C=O) groups is 1. The van der Waals surface area contributed by atoms with Crippen LogP contribution >= 0.6 is 0 Å². The molecule has 0 radical (unpaired) electrons. The van der Waals surface area contributed by atoms with E-state index in [0.29, 0.717) is 12.6 Å². The summed E-state index contributed by atoms with van der Waals surface area (Å²) < 4.78 is 0. The summed E-state index contributed by atoms with van der Waals surface area (Å²) in [6.07, 6.45) is 7.72. The van der Waals surface area contributed by atoms with E-state index in [1.807, 2.05) is 0 Å². The molecule has 1 unspecified atom stereocenters. The Balaban J connectivity index is 1.97. The van der Waals surface area contributed by atoms with Crippen molar-refractivity contribution in [1.29, 1.82) is 0 Å². The molecule has 0 bridgehead atoms. The van der Waals surface area contributed by atoms with E-state index in [2.05, 4.69) is 24.5 Å². The number of hydrogen-bond donors (Lipinski definition) is 2. The number of nitrogens with one attached hydrogen (secondary N) is 2. The van der Waals surface area contributed by atoms with Crippen LogP contribution in [0.1, 0.15) is 52.4 Å². The average Bonchev–Trinajstić information content (AvgIpc) is 2.79. The maximum absolute atomic E-state index is 11.5. The fourth-order valence-corrected chi connectivity index (χ4v) is 2.19. The topological polar surface area (TPSA) is 41.1 Å². The highest BCUT2D eigenvalue weighted by molar-refractivity contribution is 5.77. The molecular formula is C13H26N2O. The predicted molar refractivity (Wildman–Crippen MR) is 67.3 cm³/mol. The Morgan fingerprint density at radius 3 is 2.69 bits per heavy atom. The minimum absolute atomic E-state index is 0.137. The Morgan fingerprint density at radius 2 is 2.06 bits per heavy atom. The van der Waals surface area contributed by atoms with Crippen molar-refractivity contribution in [2.24, 2.45) is 5.92 Å². The van der Waals surface area contributed by atoms with Crippen LogP contribution in [0.5, 0.6) is 0 Å². The third-order valence-electron chi connectivity index (χ3n) is 3.57. The molecule has 1 aliphatic carbocycles. The summed E-state index contributed by atoms with van der Waals surface area (Å²) in [5, 5.41) is 6.19. The molecule has 0 spiro atoms. The molecule has 1 fully saturated rings. The van der Waals surface area contributed by atoms with Gasteiger partial charge in [-0.05, 0) is 25.7 Å². The molecule has 0 heterocycles. The normalized spacial score (nSPS) is 18.6. The van der Waals surface area contributed by atoms with Crippen molar-refractivity contribution >= 4 is 5.91 Å². The quantitative estimate of drug-likeness (QED) is 0.698. The summed E-state index contributed by atoms with van der Waals surface area (Å²) in [5.41, 5.74) is 0. The first-order valence-electron chi connectivity index (χ1n) is 6.72. The van der Waals surface area contributed by atoms with Gasteiger partial charge in [0, 0.05) is 12.6 Å². The minimum atomic E-state index is 0.137. The first-order valence-corrected chi connectivity index (χ1v) is 6.72. The maximum Gasteiger partial charge on any atom is 0.233 e. The van der Waals surface area contributed by atoms with E-state index in [9.17, 15) is 4.79 Å². The van der Waals surface area contributed by atoms with Crippen molar-refractivity contribution < 1.29 is 4.79 Å². The van der Waals surface area contributed by atoms with Crippen LogP contribution in [0, 0.1) is 5.92 Å². The van der Waals surface area contributed by atoms with E-state index in [4.69, 9.17) is 0 Å². The van der Waals surface area contributed by atoms with Gasteiger partial charge in [-0.25, -0.2) is 0 Å². The molecule has 0 aromatic carbocycles. The zero-order valence-corrected chi connectivity index (χ0v) is 10.7. The molecule has 16 heavy (non-hydrogen) atoms. The second-order valence-electron chi connectivity index (χ2n) is 4.98. The fourth-order valence-electron chi connectivity index (χ4n) is 2.19. The summed E-state index contributed by atoms with van der Waals surface area (Å²) in [6, 6.07) is 0.431. The monoisotopic (exact) mass is 226 g/mol. The summed E-state index contributed by atoms with van der Waals surface area (Å²) in [6.45, 7) is 5.53. The highest BCUT2D eigenvalue weighted by atomic mass is 16.1.